The molecule has 0 amide bonds. The summed E-state index contributed by atoms with van der Waals surface area (Å²) in [5, 5.41) is 12.7. The highest BCUT2D eigenvalue weighted by Gasteiger charge is 2.30. The van der Waals surface area contributed by atoms with E-state index in [4.69, 9.17) is 0 Å². The minimum absolute atomic E-state index is 0.182. The summed E-state index contributed by atoms with van der Waals surface area (Å²) in [6.45, 7) is 3.11. The highest BCUT2D eigenvalue weighted by Crippen LogP contribution is 2.33. The molecule has 3 rings (SSSR count). The highest BCUT2D eigenvalue weighted by atomic mass is 16.3. The van der Waals surface area contributed by atoms with Gasteiger partial charge in [0.1, 0.15) is 0 Å². The van der Waals surface area contributed by atoms with Gasteiger partial charge in [0.2, 0.25) is 0 Å². The lowest BCUT2D eigenvalue weighted by Gasteiger charge is -2.33. The second kappa shape index (κ2) is 5.22. The van der Waals surface area contributed by atoms with Crippen molar-refractivity contribution in [1.29, 1.82) is 0 Å². The monoisotopic (exact) mass is 255 g/mol. The fourth-order valence-electron chi connectivity index (χ4n) is 3.33. The maximum absolute atomic E-state index is 10.2. The van der Waals surface area contributed by atoms with Crippen molar-refractivity contribution >= 4 is 16.5 Å². The average molecular weight is 255 g/mol. The summed E-state index contributed by atoms with van der Waals surface area (Å²) in [5.41, 5.74) is 1.26. The van der Waals surface area contributed by atoms with Crippen molar-refractivity contribution in [2.45, 2.75) is 38.3 Å². The molecule has 100 valence electrons. The average Bonchev–Trinajstić information content (AvgIpc) is 2.86. The van der Waals surface area contributed by atoms with E-state index in [1.165, 1.54) is 16.5 Å². The molecule has 2 aromatic carbocycles. The van der Waals surface area contributed by atoms with E-state index in [0.29, 0.717) is 0 Å². The molecule has 0 bridgehead atoms. The van der Waals surface area contributed by atoms with Gasteiger partial charge in [0.15, 0.2) is 0 Å². The maximum Gasteiger partial charge on any atom is 0.0743 e. The zero-order valence-corrected chi connectivity index (χ0v) is 11.4. The molecule has 0 aromatic heterocycles. The lowest BCUT2D eigenvalue weighted by Crippen LogP contribution is -2.40. The van der Waals surface area contributed by atoms with Gasteiger partial charge in [0.25, 0.3) is 0 Å². The molecule has 0 unspecified atom stereocenters. The summed E-state index contributed by atoms with van der Waals surface area (Å²) >= 11 is 0. The van der Waals surface area contributed by atoms with Crippen molar-refractivity contribution in [3.05, 3.63) is 42.5 Å². The van der Waals surface area contributed by atoms with Crippen molar-refractivity contribution in [2.75, 3.05) is 11.4 Å². The third kappa shape index (κ3) is 2.21. The largest absolute Gasteiger partial charge is 0.391 e. The molecule has 1 fully saturated rings. The standard InChI is InChI=1S/C17H21NO/c1-2-18(16-11-6-12-17(16)19)15-10-5-8-13-7-3-4-9-14(13)15/h3-5,7-10,16-17,19H,2,6,11-12H2,1H3/t16-,17-/m0/s1. The van der Waals surface area contributed by atoms with Gasteiger partial charge in [-0.3, -0.25) is 0 Å². The molecule has 1 saturated carbocycles. The Morgan fingerprint density at radius 2 is 1.89 bits per heavy atom. The molecular formula is C17H21NO. The molecule has 19 heavy (non-hydrogen) atoms. The van der Waals surface area contributed by atoms with Crippen LogP contribution in [0.15, 0.2) is 42.5 Å². The molecule has 0 radical (unpaired) electrons. The highest BCUT2D eigenvalue weighted by molar-refractivity contribution is 5.94. The van der Waals surface area contributed by atoms with E-state index in [-0.39, 0.29) is 12.1 Å². The second-order valence-electron chi connectivity index (χ2n) is 5.35. The van der Waals surface area contributed by atoms with Gasteiger partial charge in [0.05, 0.1) is 12.1 Å². The van der Waals surface area contributed by atoms with Gasteiger partial charge >= 0.3 is 0 Å². The molecule has 2 aromatic rings. The lowest BCUT2D eigenvalue weighted by molar-refractivity contribution is 0.161. The Bertz CT molecular complexity index is 561. The number of hydrogen-bond acceptors (Lipinski definition) is 2. The van der Waals surface area contributed by atoms with E-state index in [9.17, 15) is 5.11 Å². The van der Waals surface area contributed by atoms with Gasteiger partial charge in [0, 0.05) is 17.6 Å². The molecule has 1 aliphatic rings. The Balaban J connectivity index is 2.06. The molecule has 1 N–H and O–H groups in total. The predicted octanol–water partition coefficient (Wildman–Crippen LogP) is 3.58. The van der Waals surface area contributed by atoms with Crippen LogP contribution in [-0.4, -0.2) is 23.8 Å². The first-order chi connectivity index (χ1) is 9.31. The first-order valence-corrected chi connectivity index (χ1v) is 7.23. The number of nitrogens with zero attached hydrogens (tertiary/aromatic N) is 1. The van der Waals surface area contributed by atoms with Gasteiger partial charge in [-0.05, 0) is 37.6 Å². The molecule has 0 spiro atoms. The van der Waals surface area contributed by atoms with Crippen molar-refractivity contribution in [3.63, 3.8) is 0 Å². The molecular weight excluding hydrogens is 234 g/mol. The zero-order chi connectivity index (χ0) is 13.2. The van der Waals surface area contributed by atoms with Crippen LogP contribution >= 0.6 is 0 Å². The Morgan fingerprint density at radius 1 is 1.11 bits per heavy atom. The third-order valence-corrected chi connectivity index (χ3v) is 4.26. The van der Waals surface area contributed by atoms with Crippen molar-refractivity contribution in [3.8, 4) is 0 Å². The Labute approximate surface area is 114 Å². The SMILES string of the molecule is CCN(c1cccc2ccccc12)[C@H]1CCC[C@@H]1O. The number of anilines is 1. The smallest absolute Gasteiger partial charge is 0.0743 e. The van der Waals surface area contributed by atoms with E-state index >= 15 is 0 Å². The summed E-state index contributed by atoms with van der Waals surface area (Å²) in [6.07, 6.45) is 2.98. The summed E-state index contributed by atoms with van der Waals surface area (Å²) < 4.78 is 0. The van der Waals surface area contributed by atoms with E-state index in [2.05, 4.69) is 54.3 Å². The van der Waals surface area contributed by atoms with Gasteiger partial charge < -0.3 is 10.0 Å². The Kier molecular flexibility index (Phi) is 3.43. The minimum Gasteiger partial charge on any atom is -0.391 e. The number of likely N-dealkylation sites (N-methyl/N-ethyl adjacent to an activating group) is 1. The van der Waals surface area contributed by atoms with Gasteiger partial charge in [-0.25, -0.2) is 0 Å². The Morgan fingerprint density at radius 3 is 2.63 bits per heavy atom. The number of aliphatic hydroxyl groups excluding tert-OH is 1. The zero-order valence-electron chi connectivity index (χ0n) is 11.4. The lowest BCUT2D eigenvalue weighted by atomic mass is 10.1. The summed E-state index contributed by atoms with van der Waals surface area (Å²) in [4.78, 5) is 2.38. The molecule has 2 atom stereocenters. The van der Waals surface area contributed by atoms with E-state index < -0.39 is 0 Å². The molecule has 0 saturated heterocycles. The molecule has 0 heterocycles. The van der Waals surface area contributed by atoms with E-state index in [1.807, 2.05) is 0 Å². The van der Waals surface area contributed by atoms with Gasteiger partial charge in [-0.1, -0.05) is 36.4 Å². The number of rotatable bonds is 3. The first-order valence-electron chi connectivity index (χ1n) is 7.23. The summed E-state index contributed by atoms with van der Waals surface area (Å²) in [7, 11) is 0. The van der Waals surface area contributed by atoms with Crippen LogP contribution in [0.5, 0.6) is 0 Å². The van der Waals surface area contributed by atoms with Crippen molar-refractivity contribution < 1.29 is 5.11 Å². The fraction of sp³-hybridized carbons (Fsp3) is 0.412. The summed E-state index contributed by atoms with van der Waals surface area (Å²) in [6, 6.07) is 15.2. The van der Waals surface area contributed by atoms with Crippen LogP contribution in [0, 0.1) is 0 Å². The maximum atomic E-state index is 10.2. The molecule has 0 aliphatic heterocycles. The van der Waals surface area contributed by atoms with Crippen molar-refractivity contribution in [2.24, 2.45) is 0 Å². The van der Waals surface area contributed by atoms with Crippen LogP contribution in [0.4, 0.5) is 5.69 Å². The van der Waals surface area contributed by atoms with Crippen molar-refractivity contribution in [1.82, 2.24) is 0 Å². The molecule has 1 aliphatic carbocycles. The van der Waals surface area contributed by atoms with Crippen LogP contribution in [-0.2, 0) is 0 Å². The quantitative estimate of drug-likeness (QED) is 0.906. The van der Waals surface area contributed by atoms with E-state index in [1.54, 1.807) is 0 Å². The molecule has 2 heteroatoms. The van der Waals surface area contributed by atoms with Crippen LogP contribution in [0.2, 0.25) is 0 Å². The van der Waals surface area contributed by atoms with Crippen LogP contribution in [0.1, 0.15) is 26.2 Å². The second-order valence-corrected chi connectivity index (χ2v) is 5.35. The normalized spacial score (nSPS) is 22.8. The van der Waals surface area contributed by atoms with Crippen LogP contribution in [0.25, 0.3) is 10.8 Å². The van der Waals surface area contributed by atoms with Crippen LogP contribution in [0.3, 0.4) is 0 Å². The van der Waals surface area contributed by atoms with Crippen LogP contribution < -0.4 is 4.90 Å². The summed E-state index contributed by atoms with van der Waals surface area (Å²) in [5.74, 6) is 0. The fourth-order valence-corrected chi connectivity index (χ4v) is 3.33. The number of hydrogen-bond donors (Lipinski definition) is 1. The number of fused-ring (bicyclic) bond motifs is 1. The molecule has 2 nitrogen and oxygen atoms in total. The van der Waals surface area contributed by atoms with Gasteiger partial charge in [-0.2, -0.15) is 0 Å². The minimum atomic E-state index is -0.182. The third-order valence-electron chi connectivity index (χ3n) is 4.26. The van der Waals surface area contributed by atoms with Gasteiger partial charge in [-0.15, -0.1) is 0 Å². The van der Waals surface area contributed by atoms with E-state index in [0.717, 1.165) is 25.8 Å². The predicted molar refractivity (Wildman–Crippen MR) is 80.6 cm³/mol. The number of benzene rings is 2. The topological polar surface area (TPSA) is 23.5 Å². The Hall–Kier alpha value is -1.54. The number of aliphatic hydroxyl groups is 1. The first kappa shape index (κ1) is 12.5.